The molecule has 1 atom stereocenters. The van der Waals surface area contributed by atoms with Gasteiger partial charge in [-0.2, -0.15) is 0 Å². The predicted octanol–water partition coefficient (Wildman–Crippen LogP) is 3.04. The Kier molecular flexibility index (Phi) is 10.9. The van der Waals surface area contributed by atoms with Crippen LogP contribution in [0.2, 0.25) is 0 Å². The lowest BCUT2D eigenvalue weighted by Crippen LogP contribution is -2.53. The van der Waals surface area contributed by atoms with Crippen LogP contribution in [0.4, 0.5) is 0 Å². The van der Waals surface area contributed by atoms with Crippen LogP contribution in [0.15, 0.2) is 0 Å². The summed E-state index contributed by atoms with van der Waals surface area (Å²) in [5.74, 6) is -0.981. The highest BCUT2D eigenvalue weighted by molar-refractivity contribution is 5.78. The van der Waals surface area contributed by atoms with Crippen molar-refractivity contribution in [3.63, 3.8) is 0 Å². The van der Waals surface area contributed by atoms with Gasteiger partial charge < -0.3 is 16.6 Å². The smallest absolute Gasteiger partial charge is 0.324 e. The number of carboxylic acid groups (broad SMARTS) is 1. The molecule has 0 bridgehead atoms. The summed E-state index contributed by atoms with van der Waals surface area (Å²) < 4.78 is 0. The first-order valence-corrected chi connectivity index (χ1v) is 7.79. The summed E-state index contributed by atoms with van der Waals surface area (Å²) in [6, 6.07) is 0. The summed E-state index contributed by atoms with van der Waals surface area (Å²) in [6.45, 7) is 2.25. The molecule has 0 heterocycles. The second-order valence-corrected chi connectivity index (χ2v) is 5.60. The van der Waals surface area contributed by atoms with Gasteiger partial charge >= 0.3 is 5.97 Å². The van der Waals surface area contributed by atoms with Gasteiger partial charge in [-0.05, 0) is 6.42 Å². The molecule has 19 heavy (non-hydrogen) atoms. The average Bonchev–Trinajstić information content (AvgIpc) is 2.40. The Labute approximate surface area is 117 Å². The monoisotopic (exact) mass is 272 g/mol. The molecule has 0 saturated heterocycles. The Hall–Kier alpha value is -0.610. The molecule has 0 aliphatic heterocycles. The van der Waals surface area contributed by atoms with Gasteiger partial charge in [-0.25, -0.2) is 0 Å². The molecule has 5 N–H and O–H groups in total. The van der Waals surface area contributed by atoms with E-state index in [4.69, 9.17) is 16.6 Å². The molecule has 0 radical (unpaired) electrons. The van der Waals surface area contributed by atoms with E-state index in [1.165, 1.54) is 51.4 Å². The molecule has 1 unspecified atom stereocenters. The summed E-state index contributed by atoms with van der Waals surface area (Å²) in [4.78, 5) is 10.9. The van der Waals surface area contributed by atoms with Crippen LogP contribution >= 0.6 is 0 Å². The van der Waals surface area contributed by atoms with Gasteiger partial charge in [0.25, 0.3) is 0 Å². The second kappa shape index (κ2) is 11.2. The zero-order valence-electron chi connectivity index (χ0n) is 12.5. The van der Waals surface area contributed by atoms with Gasteiger partial charge in [0, 0.05) is 6.54 Å². The van der Waals surface area contributed by atoms with Gasteiger partial charge in [0.05, 0.1) is 0 Å². The van der Waals surface area contributed by atoms with Gasteiger partial charge in [-0.1, -0.05) is 71.1 Å². The third-order valence-electron chi connectivity index (χ3n) is 3.77. The van der Waals surface area contributed by atoms with Gasteiger partial charge in [-0.15, -0.1) is 0 Å². The maximum absolute atomic E-state index is 10.9. The van der Waals surface area contributed by atoms with Crippen LogP contribution in [0.25, 0.3) is 0 Å². The number of rotatable bonds is 13. The Morgan fingerprint density at radius 3 is 1.74 bits per heavy atom. The van der Waals surface area contributed by atoms with Crippen molar-refractivity contribution in [1.29, 1.82) is 0 Å². The van der Waals surface area contributed by atoms with Crippen molar-refractivity contribution in [2.24, 2.45) is 11.5 Å². The first-order valence-electron chi connectivity index (χ1n) is 7.79. The number of hydrogen-bond donors (Lipinski definition) is 3. The average molecular weight is 272 g/mol. The van der Waals surface area contributed by atoms with Gasteiger partial charge in [-0.3, -0.25) is 4.79 Å². The van der Waals surface area contributed by atoms with Crippen LogP contribution in [0.1, 0.15) is 77.6 Å². The molecule has 0 aromatic heterocycles. The SMILES string of the molecule is CCCCCCCCCCCCC(N)(CN)C(=O)O. The first kappa shape index (κ1) is 18.4. The van der Waals surface area contributed by atoms with Crippen molar-refractivity contribution in [3.05, 3.63) is 0 Å². The largest absolute Gasteiger partial charge is 0.480 e. The lowest BCUT2D eigenvalue weighted by Gasteiger charge is -2.22. The van der Waals surface area contributed by atoms with Crippen molar-refractivity contribution >= 4 is 5.97 Å². The number of unbranched alkanes of at least 4 members (excludes halogenated alkanes) is 9. The molecular weight excluding hydrogens is 240 g/mol. The minimum atomic E-state index is -1.22. The number of aliphatic carboxylic acids is 1. The quantitative estimate of drug-likeness (QED) is 0.450. The summed E-state index contributed by atoms with van der Waals surface area (Å²) in [7, 11) is 0. The minimum Gasteiger partial charge on any atom is -0.480 e. The second-order valence-electron chi connectivity index (χ2n) is 5.60. The molecule has 0 aromatic rings. The highest BCUT2D eigenvalue weighted by Crippen LogP contribution is 2.15. The van der Waals surface area contributed by atoms with Crippen molar-refractivity contribution in [2.75, 3.05) is 6.54 Å². The number of carbonyl (C=O) groups is 1. The van der Waals surface area contributed by atoms with E-state index in [1.54, 1.807) is 0 Å². The van der Waals surface area contributed by atoms with E-state index >= 15 is 0 Å². The Morgan fingerprint density at radius 1 is 0.947 bits per heavy atom. The maximum atomic E-state index is 10.9. The van der Waals surface area contributed by atoms with Crippen LogP contribution in [-0.2, 0) is 4.79 Å². The normalized spacial score (nSPS) is 14.3. The van der Waals surface area contributed by atoms with Crippen molar-refractivity contribution in [1.82, 2.24) is 0 Å². The summed E-state index contributed by atoms with van der Waals surface area (Å²) in [5, 5.41) is 8.97. The first-order chi connectivity index (χ1) is 9.06. The van der Waals surface area contributed by atoms with E-state index in [-0.39, 0.29) is 6.54 Å². The fraction of sp³-hybridized carbons (Fsp3) is 0.933. The molecule has 0 aromatic carbocycles. The topological polar surface area (TPSA) is 89.3 Å². The predicted molar refractivity (Wildman–Crippen MR) is 80.1 cm³/mol. The van der Waals surface area contributed by atoms with Crippen LogP contribution in [0, 0.1) is 0 Å². The van der Waals surface area contributed by atoms with E-state index in [9.17, 15) is 4.79 Å². The maximum Gasteiger partial charge on any atom is 0.324 e. The zero-order valence-corrected chi connectivity index (χ0v) is 12.5. The molecule has 0 fully saturated rings. The zero-order chi connectivity index (χ0) is 14.6. The lowest BCUT2D eigenvalue weighted by atomic mass is 9.93. The molecule has 0 amide bonds. The van der Waals surface area contributed by atoms with E-state index in [0.29, 0.717) is 6.42 Å². The molecule has 4 heteroatoms. The number of hydrogen-bond acceptors (Lipinski definition) is 3. The number of carboxylic acids is 1. The molecule has 114 valence electrons. The van der Waals surface area contributed by atoms with E-state index in [2.05, 4.69) is 6.92 Å². The fourth-order valence-electron chi connectivity index (χ4n) is 2.22. The van der Waals surface area contributed by atoms with Crippen LogP contribution < -0.4 is 11.5 Å². The van der Waals surface area contributed by atoms with Gasteiger partial charge in [0.15, 0.2) is 0 Å². The summed E-state index contributed by atoms with van der Waals surface area (Å²) in [5.41, 5.74) is 9.92. The van der Waals surface area contributed by atoms with E-state index in [0.717, 1.165) is 12.8 Å². The third kappa shape index (κ3) is 9.00. The number of nitrogens with two attached hydrogens (primary N) is 2. The minimum absolute atomic E-state index is 0.0137. The van der Waals surface area contributed by atoms with Crippen molar-refractivity contribution in [3.8, 4) is 0 Å². The van der Waals surface area contributed by atoms with E-state index in [1.807, 2.05) is 0 Å². The Balaban J connectivity index is 3.38. The van der Waals surface area contributed by atoms with E-state index < -0.39 is 11.5 Å². The molecule has 0 aliphatic carbocycles. The van der Waals surface area contributed by atoms with Crippen molar-refractivity contribution in [2.45, 2.75) is 83.1 Å². The molecular formula is C15H32N2O2. The molecule has 0 saturated carbocycles. The fourth-order valence-corrected chi connectivity index (χ4v) is 2.22. The summed E-state index contributed by atoms with van der Waals surface area (Å²) >= 11 is 0. The summed E-state index contributed by atoms with van der Waals surface area (Å²) in [6.07, 6.45) is 12.8. The molecule has 4 nitrogen and oxygen atoms in total. The van der Waals surface area contributed by atoms with Crippen LogP contribution in [0.3, 0.4) is 0 Å². The molecule has 0 spiro atoms. The molecule has 0 rings (SSSR count). The highest BCUT2D eigenvalue weighted by atomic mass is 16.4. The van der Waals surface area contributed by atoms with Gasteiger partial charge in [0.2, 0.25) is 0 Å². The lowest BCUT2D eigenvalue weighted by molar-refractivity contribution is -0.143. The standard InChI is InChI=1S/C15H32N2O2/c1-2-3-4-5-6-7-8-9-10-11-12-15(17,13-16)14(18)19/h2-13,16-17H2,1H3,(H,18,19). The third-order valence-corrected chi connectivity index (χ3v) is 3.77. The van der Waals surface area contributed by atoms with Crippen molar-refractivity contribution < 1.29 is 9.90 Å². The Bertz CT molecular complexity index is 234. The molecule has 0 aliphatic rings. The Morgan fingerprint density at radius 2 is 1.37 bits per heavy atom. The van der Waals surface area contributed by atoms with Crippen LogP contribution in [0.5, 0.6) is 0 Å². The van der Waals surface area contributed by atoms with Crippen LogP contribution in [-0.4, -0.2) is 23.2 Å². The highest BCUT2D eigenvalue weighted by Gasteiger charge is 2.31. The van der Waals surface area contributed by atoms with Gasteiger partial charge in [0.1, 0.15) is 5.54 Å².